The van der Waals surface area contributed by atoms with Crippen LogP contribution in [0.15, 0.2) is 12.1 Å². The average Bonchev–Trinajstić information content (AvgIpc) is 2.66. The topological polar surface area (TPSA) is 103 Å². The summed E-state index contributed by atoms with van der Waals surface area (Å²) in [5, 5.41) is 0.703. The first-order chi connectivity index (χ1) is 12.1. The maximum Gasteiger partial charge on any atom is 0.409 e. The third-order valence-electron chi connectivity index (χ3n) is 4.22. The van der Waals surface area contributed by atoms with Gasteiger partial charge < -0.3 is 29.7 Å². The second-order valence-electron chi connectivity index (χ2n) is 5.55. The molecule has 1 saturated heterocycles. The standard InChI is InChI=1S/C16H21N5O4/c1-23-11-5-4-10-12(13(11)24-2)18-15(19-14(10)17)20-6-8-21(9-7-20)16(22)25-3/h4-5H,6-9H2,1-3H3,(H2,17,18,19). The van der Waals surface area contributed by atoms with E-state index in [-0.39, 0.29) is 6.09 Å². The smallest absolute Gasteiger partial charge is 0.409 e. The highest BCUT2D eigenvalue weighted by atomic mass is 16.5. The molecule has 0 unspecified atom stereocenters. The number of nitrogens with two attached hydrogens (primary N) is 1. The molecule has 0 bridgehead atoms. The van der Waals surface area contributed by atoms with Gasteiger partial charge in [0.1, 0.15) is 11.3 Å². The quantitative estimate of drug-likeness (QED) is 0.881. The van der Waals surface area contributed by atoms with E-state index in [4.69, 9.17) is 19.9 Å². The van der Waals surface area contributed by atoms with Gasteiger partial charge in [-0.15, -0.1) is 0 Å². The van der Waals surface area contributed by atoms with Crippen LogP contribution < -0.4 is 20.1 Å². The van der Waals surface area contributed by atoms with Crippen molar-refractivity contribution in [3.05, 3.63) is 12.1 Å². The lowest BCUT2D eigenvalue weighted by atomic mass is 10.2. The summed E-state index contributed by atoms with van der Waals surface area (Å²) < 4.78 is 15.5. The Labute approximate surface area is 145 Å². The number of nitrogens with zero attached hydrogens (tertiary/aromatic N) is 4. The molecule has 9 heteroatoms. The molecule has 0 atom stereocenters. The summed E-state index contributed by atoms with van der Waals surface area (Å²) >= 11 is 0. The Morgan fingerprint density at radius 1 is 1.08 bits per heavy atom. The highest BCUT2D eigenvalue weighted by Crippen LogP contribution is 2.36. The summed E-state index contributed by atoms with van der Waals surface area (Å²) in [5.74, 6) is 1.97. The van der Waals surface area contributed by atoms with E-state index in [1.54, 1.807) is 25.2 Å². The number of carbonyl (C=O) groups excluding carboxylic acids is 1. The largest absolute Gasteiger partial charge is 0.493 e. The van der Waals surface area contributed by atoms with Crippen LogP contribution in [0.2, 0.25) is 0 Å². The van der Waals surface area contributed by atoms with Gasteiger partial charge in [0, 0.05) is 31.6 Å². The molecule has 9 nitrogen and oxygen atoms in total. The number of carbonyl (C=O) groups is 1. The van der Waals surface area contributed by atoms with Gasteiger partial charge in [0.25, 0.3) is 0 Å². The van der Waals surface area contributed by atoms with Crippen molar-refractivity contribution in [1.82, 2.24) is 14.9 Å². The van der Waals surface area contributed by atoms with Gasteiger partial charge in [0.05, 0.1) is 21.3 Å². The van der Waals surface area contributed by atoms with Crippen LogP contribution in [0.1, 0.15) is 0 Å². The number of hydrogen-bond acceptors (Lipinski definition) is 8. The number of benzene rings is 1. The van der Waals surface area contributed by atoms with Crippen molar-refractivity contribution >= 4 is 28.8 Å². The number of ether oxygens (including phenoxy) is 3. The molecule has 25 heavy (non-hydrogen) atoms. The van der Waals surface area contributed by atoms with Gasteiger partial charge in [-0.3, -0.25) is 0 Å². The fourth-order valence-electron chi connectivity index (χ4n) is 2.88. The average molecular weight is 347 g/mol. The molecular formula is C16H21N5O4. The normalized spacial score (nSPS) is 14.5. The zero-order valence-corrected chi connectivity index (χ0v) is 14.5. The van der Waals surface area contributed by atoms with E-state index in [0.29, 0.717) is 60.3 Å². The first-order valence-corrected chi connectivity index (χ1v) is 7.85. The van der Waals surface area contributed by atoms with Crippen molar-refractivity contribution in [1.29, 1.82) is 0 Å². The molecule has 0 aliphatic carbocycles. The lowest BCUT2D eigenvalue weighted by Crippen LogP contribution is -2.49. The minimum absolute atomic E-state index is 0.329. The number of nitrogen functional groups attached to an aromatic ring is 1. The third-order valence-corrected chi connectivity index (χ3v) is 4.22. The fraction of sp³-hybridized carbons (Fsp3) is 0.438. The van der Waals surface area contributed by atoms with Crippen LogP contribution in [-0.2, 0) is 4.74 Å². The van der Waals surface area contributed by atoms with Gasteiger partial charge in [-0.1, -0.05) is 0 Å². The van der Waals surface area contributed by atoms with Gasteiger partial charge in [-0.05, 0) is 12.1 Å². The summed E-state index contributed by atoms with van der Waals surface area (Å²) in [6.07, 6.45) is -0.329. The minimum atomic E-state index is -0.329. The number of anilines is 2. The van der Waals surface area contributed by atoms with Crippen molar-refractivity contribution in [2.24, 2.45) is 0 Å². The molecule has 2 heterocycles. The lowest BCUT2D eigenvalue weighted by molar-refractivity contribution is 0.121. The Balaban J connectivity index is 1.94. The highest BCUT2D eigenvalue weighted by molar-refractivity contribution is 5.95. The van der Waals surface area contributed by atoms with Crippen molar-refractivity contribution < 1.29 is 19.0 Å². The van der Waals surface area contributed by atoms with E-state index in [1.165, 1.54) is 7.11 Å². The molecule has 1 fully saturated rings. The molecule has 1 aliphatic rings. The van der Waals surface area contributed by atoms with Gasteiger partial charge in [-0.2, -0.15) is 4.98 Å². The Morgan fingerprint density at radius 3 is 2.40 bits per heavy atom. The van der Waals surface area contributed by atoms with Crippen LogP contribution in [0.25, 0.3) is 10.9 Å². The van der Waals surface area contributed by atoms with Crippen LogP contribution in [0.3, 0.4) is 0 Å². The first-order valence-electron chi connectivity index (χ1n) is 7.85. The minimum Gasteiger partial charge on any atom is -0.493 e. The second-order valence-corrected chi connectivity index (χ2v) is 5.55. The summed E-state index contributed by atoms with van der Waals surface area (Å²) in [5.41, 5.74) is 6.71. The van der Waals surface area contributed by atoms with Gasteiger partial charge in [-0.25, -0.2) is 9.78 Å². The number of piperazine rings is 1. The molecule has 1 aromatic carbocycles. The van der Waals surface area contributed by atoms with E-state index < -0.39 is 0 Å². The van der Waals surface area contributed by atoms with E-state index in [2.05, 4.69) is 9.97 Å². The summed E-state index contributed by atoms with van der Waals surface area (Å²) in [6.45, 7) is 2.24. The Hall–Kier alpha value is -2.97. The number of methoxy groups -OCH3 is 3. The molecule has 0 spiro atoms. The zero-order chi connectivity index (χ0) is 18.0. The van der Waals surface area contributed by atoms with Crippen LogP contribution in [0.5, 0.6) is 11.5 Å². The van der Waals surface area contributed by atoms with Crippen molar-refractivity contribution in [3.63, 3.8) is 0 Å². The van der Waals surface area contributed by atoms with E-state index >= 15 is 0 Å². The SMILES string of the molecule is COC(=O)N1CCN(c2nc(N)c3ccc(OC)c(OC)c3n2)CC1. The molecular weight excluding hydrogens is 326 g/mol. The molecule has 2 aromatic rings. The molecule has 1 aliphatic heterocycles. The number of fused-ring (bicyclic) bond motifs is 1. The maximum atomic E-state index is 11.6. The van der Waals surface area contributed by atoms with Gasteiger partial charge in [0.2, 0.25) is 5.95 Å². The van der Waals surface area contributed by atoms with Crippen LogP contribution in [-0.4, -0.2) is 68.5 Å². The van der Waals surface area contributed by atoms with E-state index in [1.807, 2.05) is 11.0 Å². The maximum absolute atomic E-state index is 11.6. The second kappa shape index (κ2) is 6.88. The van der Waals surface area contributed by atoms with Gasteiger partial charge in [0.15, 0.2) is 11.5 Å². The number of hydrogen-bond donors (Lipinski definition) is 1. The summed E-state index contributed by atoms with van der Waals surface area (Å²) in [7, 11) is 4.51. The Bertz CT molecular complexity index is 790. The number of aromatic nitrogens is 2. The predicted octanol–water partition coefficient (Wildman–Crippen LogP) is 1.12. The molecule has 0 radical (unpaired) electrons. The number of rotatable bonds is 3. The molecule has 3 rings (SSSR count). The van der Waals surface area contributed by atoms with E-state index in [9.17, 15) is 4.79 Å². The van der Waals surface area contributed by atoms with Crippen LogP contribution in [0.4, 0.5) is 16.6 Å². The first kappa shape index (κ1) is 16.9. The zero-order valence-electron chi connectivity index (χ0n) is 14.5. The predicted molar refractivity (Wildman–Crippen MR) is 93.2 cm³/mol. The Morgan fingerprint density at radius 2 is 1.80 bits per heavy atom. The molecule has 0 saturated carbocycles. The van der Waals surface area contributed by atoms with E-state index in [0.717, 1.165) is 0 Å². The van der Waals surface area contributed by atoms with Gasteiger partial charge >= 0.3 is 6.09 Å². The monoisotopic (exact) mass is 347 g/mol. The third kappa shape index (κ3) is 3.04. The summed E-state index contributed by atoms with van der Waals surface area (Å²) in [6, 6.07) is 3.58. The molecule has 1 amide bonds. The fourth-order valence-corrected chi connectivity index (χ4v) is 2.88. The van der Waals surface area contributed by atoms with Crippen molar-refractivity contribution in [2.75, 3.05) is 58.1 Å². The van der Waals surface area contributed by atoms with Crippen molar-refractivity contribution in [2.45, 2.75) is 0 Å². The molecule has 134 valence electrons. The van der Waals surface area contributed by atoms with Crippen molar-refractivity contribution in [3.8, 4) is 11.5 Å². The molecule has 1 aromatic heterocycles. The Kier molecular flexibility index (Phi) is 4.64. The molecule has 2 N–H and O–H groups in total. The van der Waals surface area contributed by atoms with Crippen LogP contribution >= 0.6 is 0 Å². The summed E-state index contributed by atoms with van der Waals surface area (Å²) in [4.78, 5) is 24.3. The van der Waals surface area contributed by atoms with Crippen LogP contribution in [0, 0.1) is 0 Å². The lowest BCUT2D eigenvalue weighted by Gasteiger charge is -2.33. The number of amides is 1. The highest BCUT2D eigenvalue weighted by Gasteiger charge is 2.24.